The molecule has 0 aliphatic carbocycles. The van der Waals surface area contributed by atoms with Crippen molar-refractivity contribution in [3.05, 3.63) is 57.5 Å². The molecule has 7 nitrogen and oxygen atoms in total. The van der Waals surface area contributed by atoms with Gasteiger partial charge >= 0.3 is 6.03 Å². The highest BCUT2D eigenvalue weighted by molar-refractivity contribution is 7.12. The van der Waals surface area contributed by atoms with E-state index in [0.29, 0.717) is 21.3 Å². The maximum atomic E-state index is 11.9. The summed E-state index contributed by atoms with van der Waals surface area (Å²) in [5.74, 6) is -0.520. The fourth-order valence-electron chi connectivity index (χ4n) is 1.63. The quantitative estimate of drug-likeness (QED) is 0.610. The summed E-state index contributed by atoms with van der Waals surface area (Å²) in [6, 6.07) is 7.85. The van der Waals surface area contributed by atoms with Gasteiger partial charge in [0, 0.05) is 11.6 Å². The number of hydrogen-bond acceptors (Lipinski definition) is 5. The van der Waals surface area contributed by atoms with Gasteiger partial charge in [-0.15, -0.1) is 11.3 Å². The molecule has 0 saturated heterocycles. The van der Waals surface area contributed by atoms with Gasteiger partial charge < -0.3 is 22.1 Å². The lowest BCUT2D eigenvalue weighted by Gasteiger charge is -2.08. The van der Waals surface area contributed by atoms with Crippen molar-refractivity contribution in [2.75, 3.05) is 5.32 Å². The van der Waals surface area contributed by atoms with Crippen LogP contribution in [-0.4, -0.2) is 18.2 Å². The zero-order valence-electron chi connectivity index (χ0n) is 12.3. The highest BCUT2D eigenvalue weighted by Gasteiger charge is 2.07. The van der Waals surface area contributed by atoms with Gasteiger partial charge in [-0.05, 0) is 18.2 Å². The molecule has 6 N–H and O–H groups in total. The zero-order chi connectivity index (χ0) is 17.5. The monoisotopic (exact) mass is 363 g/mol. The average Bonchev–Trinajstić information content (AvgIpc) is 3.03. The van der Waals surface area contributed by atoms with Crippen molar-refractivity contribution in [3.8, 4) is 0 Å². The van der Waals surface area contributed by atoms with Gasteiger partial charge in [-0.1, -0.05) is 23.7 Å². The van der Waals surface area contributed by atoms with E-state index in [1.807, 2.05) is 0 Å². The van der Waals surface area contributed by atoms with E-state index in [4.69, 9.17) is 23.1 Å². The Bertz CT molecular complexity index is 816. The molecule has 0 unspecified atom stereocenters. The van der Waals surface area contributed by atoms with Crippen molar-refractivity contribution < 1.29 is 9.59 Å². The molecule has 0 aliphatic rings. The van der Waals surface area contributed by atoms with E-state index in [-0.39, 0.29) is 5.70 Å². The van der Waals surface area contributed by atoms with Crippen molar-refractivity contribution in [3.63, 3.8) is 0 Å². The summed E-state index contributed by atoms with van der Waals surface area (Å²) in [5.41, 5.74) is 11.9. The Balaban J connectivity index is 1.98. The minimum absolute atomic E-state index is 0.270. The number of hydrogen-bond donors (Lipinski definition) is 4. The number of primary amides is 1. The maximum Gasteiger partial charge on any atom is 0.323 e. The highest BCUT2D eigenvalue weighted by Crippen LogP contribution is 2.21. The fraction of sp³-hybridized carbons (Fsp3) is 0. The number of halogens is 1. The second kappa shape index (κ2) is 8.14. The number of allylic oxidation sites excluding steroid dienone is 1. The van der Waals surface area contributed by atoms with Gasteiger partial charge in [0.15, 0.2) is 0 Å². The second-order valence-electron chi connectivity index (χ2n) is 4.47. The van der Waals surface area contributed by atoms with Crippen LogP contribution in [0.1, 0.15) is 9.67 Å². The molecule has 2 aromatic rings. The Morgan fingerprint density at radius 1 is 1.29 bits per heavy atom. The molecule has 0 saturated carbocycles. The molecule has 0 radical (unpaired) electrons. The first-order valence-corrected chi connectivity index (χ1v) is 7.92. The Morgan fingerprint density at radius 2 is 2.04 bits per heavy atom. The van der Waals surface area contributed by atoms with E-state index >= 15 is 0 Å². The summed E-state index contributed by atoms with van der Waals surface area (Å²) in [7, 11) is 0. The molecule has 124 valence electrons. The first-order chi connectivity index (χ1) is 11.5. The molecule has 3 amide bonds. The third kappa shape index (κ3) is 4.83. The molecule has 24 heavy (non-hydrogen) atoms. The minimum atomic E-state index is -0.520. The molecule has 2 rings (SSSR count). The van der Waals surface area contributed by atoms with Crippen LogP contribution >= 0.6 is 22.9 Å². The standard InChI is InChI=1S/C15H14ClN5O2S/c16-11-3-1-2-4-12(11)21-15(23)20-10(6-17)7-19-9-5-13(14(18)22)24-8-9/h1-8H,17H2,(H2,18,22)(H2,20,21,23)/b10-6+,19-7?. The van der Waals surface area contributed by atoms with Crippen LogP contribution in [0.4, 0.5) is 16.2 Å². The van der Waals surface area contributed by atoms with Crippen molar-refractivity contribution in [1.82, 2.24) is 5.32 Å². The van der Waals surface area contributed by atoms with Crippen LogP contribution in [0.5, 0.6) is 0 Å². The van der Waals surface area contributed by atoms with Gasteiger partial charge in [-0.2, -0.15) is 0 Å². The molecule has 1 heterocycles. The zero-order valence-corrected chi connectivity index (χ0v) is 13.9. The van der Waals surface area contributed by atoms with E-state index in [1.165, 1.54) is 23.8 Å². The molecule has 1 aromatic carbocycles. The number of nitrogens with two attached hydrogens (primary N) is 2. The van der Waals surface area contributed by atoms with Gasteiger partial charge in [0.05, 0.1) is 33.2 Å². The van der Waals surface area contributed by atoms with Gasteiger partial charge in [0.2, 0.25) is 0 Å². The number of amides is 3. The minimum Gasteiger partial charge on any atom is -0.403 e. The van der Waals surface area contributed by atoms with Gasteiger partial charge in [-0.25, -0.2) is 4.79 Å². The van der Waals surface area contributed by atoms with Crippen LogP contribution in [0, 0.1) is 0 Å². The summed E-state index contributed by atoms with van der Waals surface area (Å²) in [6.45, 7) is 0. The lowest BCUT2D eigenvalue weighted by atomic mass is 10.3. The number of anilines is 1. The Morgan fingerprint density at radius 3 is 2.67 bits per heavy atom. The second-order valence-corrected chi connectivity index (χ2v) is 5.79. The van der Waals surface area contributed by atoms with Gasteiger partial charge in [0.25, 0.3) is 5.91 Å². The van der Waals surface area contributed by atoms with Crippen LogP contribution in [-0.2, 0) is 0 Å². The van der Waals surface area contributed by atoms with Crippen molar-refractivity contribution in [2.24, 2.45) is 16.5 Å². The molecule has 9 heteroatoms. The van der Waals surface area contributed by atoms with Gasteiger partial charge in [-0.3, -0.25) is 9.79 Å². The summed E-state index contributed by atoms with van der Waals surface area (Å²) >= 11 is 7.14. The molecular formula is C15H14ClN5O2S. The topological polar surface area (TPSA) is 123 Å². The molecule has 0 fully saturated rings. The Kier molecular flexibility index (Phi) is 5.94. The number of carbonyl (C=O) groups is 2. The molecule has 0 bridgehead atoms. The Labute approximate surface area is 147 Å². The summed E-state index contributed by atoms with van der Waals surface area (Å²) in [6.07, 6.45) is 2.55. The molecule has 0 atom stereocenters. The summed E-state index contributed by atoms with van der Waals surface area (Å²) in [4.78, 5) is 27.5. The molecular weight excluding hydrogens is 350 g/mol. The van der Waals surface area contributed by atoms with Crippen molar-refractivity contribution in [2.45, 2.75) is 0 Å². The lowest BCUT2D eigenvalue weighted by molar-refractivity contribution is 0.100. The largest absolute Gasteiger partial charge is 0.403 e. The predicted molar refractivity (Wildman–Crippen MR) is 96.9 cm³/mol. The van der Waals surface area contributed by atoms with E-state index < -0.39 is 11.9 Å². The predicted octanol–water partition coefficient (Wildman–Crippen LogP) is 2.82. The molecule has 0 spiro atoms. The van der Waals surface area contributed by atoms with Crippen LogP contribution in [0.2, 0.25) is 5.02 Å². The highest BCUT2D eigenvalue weighted by atomic mass is 35.5. The van der Waals surface area contributed by atoms with Crippen molar-refractivity contribution >= 4 is 52.5 Å². The van der Waals surface area contributed by atoms with Crippen LogP contribution in [0.3, 0.4) is 0 Å². The number of carbonyl (C=O) groups excluding carboxylic acids is 2. The number of thiophene rings is 1. The molecule has 1 aromatic heterocycles. The average molecular weight is 364 g/mol. The third-order valence-electron chi connectivity index (χ3n) is 2.74. The summed E-state index contributed by atoms with van der Waals surface area (Å²) < 4.78 is 0. The van der Waals surface area contributed by atoms with E-state index in [9.17, 15) is 9.59 Å². The smallest absolute Gasteiger partial charge is 0.323 e. The first-order valence-electron chi connectivity index (χ1n) is 6.66. The van der Waals surface area contributed by atoms with Crippen LogP contribution in [0.15, 0.2) is 52.6 Å². The number of aliphatic imine (C=N–C) groups is 1. The Hall–Kier alpha value is -2.84. The van der Waals surface area contributed by atoms with Crippen molar-refractivity contribution in [1.29, 1.82) is 0 Å². The number of urea groups is 1. The van der Waals surface area contributed by atoms with Crippen LogP contribution in [0.25, 0.3) is 0 Å². The van der Waals surface area contributed by atoms with E-state index in [0.717, 1.165) is 0 Å². The van der Waals surface area contributed by atoms with E-state index in [1.54, 1.807) is 35.7 Å². The fourth-order valence-corrected chi connectivity index (χ4v) is 2.50. The lowest BCUT2D eigenvalue weighted by Crippen LogP contribution is -2.29. The number of rotatable bonds is 5. The maximum absolute atomic E-state index is 11.9. The number of nitrogens with one attached hydrogen (secondary N) is 2. The van der Waals surface area contributed by atoms with E-state index in [2.05, 4.69) is 15.6 Å². The third-order valence-corrected chi connectivity index (χ3v) is 4.00. The number of nitrogens with zero attached hydrogens (tertiary/aromatic N) is 1. The summed E-state index contributed by atoms with van der Waals surface area (Å²) in [5, 5.41) is 7.20. The SMILES string of the molecule is N/C=C(\C=Nc1csc(C(N)=O)c1)NC(=O)Nc1ccccc1Cl. The first kappa shape index (κ1) is 17.5. The number of benzene rings is 1. The van der Waals surface area contributed by atoms with Crippen LogP contribution < -0.4 is 22.1 Å². The molecule has 0 aliphatic heterocycles. The normalized spacial score (nSPS) is 11.5. The number of para-hydroxylation sites is 1. The van der Waals surface area contributed by atoms with Gasteiger partial charge in [0.1, 0.15) is 0 Å².